The average Bonchev–Trinajstić information content (AvgIpc) is 2.62. The van der Waals surface area contributed by atoms with Gasteiger partial charge >= 0.3 is 6.03 Å². The van der Waals surface area contributed by atoms with Crippen LogP contribution in [0, 0.1) is 6.92 Å². The van der Waals surface area contributed by atoms with Gasteiger partial charge in [0.25, 0.3) is 0 Å². The van der Waals surface area contributed by atoms with Crippen LogP contribution in [0.4, 0.5) is 10.5 Å². The van der Waals surface area contributed by atoms with Crippen molar-refractivity contribution in [2.24, 2.45) is 0 Å². The molecule has 5 heteroatoms. The third-order valence-corrected chi connectivity index (χ3v) is 5.23. The number of hydrogen-bond acceptors (Lipinski definition) is 3. The number of carbonyl (C=O) groups is 1. The van der Waals surface area contributed by atoms with E-state index in [4.69, 9.17) is 4.74 Å². The zero-order valence-electron chi connectivity index (χ0n) is 15.3. The van der Waals surface area contributed by atoms with Crippen molar-refractivity contribution < 1.29 is 9.53 Å². The van der Waals surface area contributed by atoms with Gasteiger partial charge in [-0.3, -0.25) is 0 Å². The van der Waals surface area contributed by atoms with Gasteiger partial charge in [-0.05, 0) is 54.8 Å². The van der Waals surface area contributed by atoms with Gasteiger partial charge in [0, 0.05) is 22.4 Å². The molecule has 0 saturated carbocycles. The van der Waals surface area contributed by atoms with E-state index < -0.39 is 0 Å². The molecule has 0 fully saturated rings. The molecule has 25 heavy (non-hydrogen) atoms. The summed E-state index contributed by atoms with van der Waals surface area (Å²) in [5, 5.41) is 6.37. The molecule has 0 spiro atoms. The minimum absolute atomic E-state index is 0.207. The molecule has 134 valence electrons. The molecule has 1 unspecified atom stereocenters. The van der Waals surface area contributed by atoms with Crippen LogP contribution in [-0.4, -0.2) is 18.4 Å². The van der Waals surface area contributed by atoms with Crippen molar-refractivity contribution in [3.05, 3.63) is 53.6 Å². The van der Waals surface area contributed by atoms with Gasteiger partial charge in [-0.1, -0.05) is 26.0 Å². The monoisotopic (exact) mass is 358 g/mol. The van der Waals surface area contributed by atoms with Crippen LogP contribution in [0.25, 0.3) is 0 Å². The molecule has 0 radical (unpaired) electrons. The maximum Gasteiger partial charge on any atom is 0.319 e. The maximum absolute atomic E-state index is 12.1. The molecule has 0 saturated heterocycles. The Morgan fingerprint density at radius 2 is 1.92 bits per heavy atom. The number of benzene rings is 2. The van der Waals surface area contributed by atoms with Gasteiger partial charge in [-0.25, -0.2) is 4.79 Å². The van der Waals surface area contributed by atoms with Crippen molar-refractivity contribution in [1.29, 1.82) is 0 Å². The van der Waals surface area contributed by atoms with Crippen LogP contribution < -0.4 is 15.4 Å². The summed E-state index contributed by atoms with van der Waals surface area (Å²) >= 11 is 1.86. The van der Waals surface area contributed by atoms with E-state index in [1.165, 1.54) is 4.90 Å². The number of nitrogens with one attached hydrogen (secondary N) is 2. The zero-order valence-corrected chi connectivity index (χ0v) is 16.1. The zero-order chi connectivity index (χ0) is 18.2. The van der Waals surface area contributed by atoms with E-state index in [0.29, 0.717) is 11.8 Å². The molecule has 1 atom stereocenters. The normalized spacial score (nSPS) is 11.7. The Labute approximate surface area is 154 Å². The Morgan fingerprint density at radius 1 is 1.20 bits per heavy atom. The quantitative estimate of drug-likeness (QED) is 0.668. The first-order valence-electron chi connectivity index (χ1n) is 8.47. The summed E-state index contributed by atoms with van der Waals surface area (Å²) in [4.78, 5) is 13.4. The fourth-order valence-corrected chi connectivity index (χ4v) is 3.28. The molecule has 2 aromatic rings. The molecule has 0 heterocycles. The standard InChI is InChI=1S/C20H26N2O2S/c1-5-15(3)25-18-10-11-19(14(2)12-18)22-20(23)21-13-16-6-8-17(24-4)9-7-16/h6-12,15H,5,13H2,1-4H3,(H2,21,22,23). The van der Waals surface area contributed by atoms with Crippen LogP contribution in [0.5, 0.6) is 5.75 Å². The molecule has 4 nitrogen and oxygen atoms in total. The molecule has 2 aromatic carbocycles. The summed E-state index contributed by atoms with van der Waals surface area (Å²) in [5.41, 5.74) is 2.92. The summed E-state index contributed by atoms with van der Waals surface area (Å²) in [7, 11) is 1.63. The highest BCUT2D eigenvalue weighted by atomic mass is 32.2. The van der Waals surface area contributed by atoms with E-state index in [9.17, 15) is 4.79 Å². The Bertz CT molecular complexity index is 701. The number of urea groups is 1. The largest absolute Gasteiger partial charge is 0.497 e. The Morgan fingerprint density at radius 3 is 2.52 bits per heavy atom. The molecule has 2 rings (SSSR count). The first-order valence-corrected chi connectivity index (χ1v) is 9.35. The van der Waals surface area contributed by atoms with Crippen LogP contribution in [0.2, 0.25) is 0 Å². The molecule has 0 aromatic heterocycles. The van der Waals surface area contributed by atoms with Gasteiger partial charge in [0.05, 0.1) is 7.11 Å². The smallest absolute Gasteiger partial charge is 0.319 e. The Balaban J connectivity index is 1.89. The number of methoxy groups -OCH3 is 1. The first kappa shape index (κ1) is 19.2. The number of hydrogen-bond donors (Lipinski definition) is 2. The lowest BCUT2D eigenvalue weighted by molar-refractivity contribution is 0.251. The van der Waals surface area contributed by atoms with Crippen LogP contribution >= 0.6 is 11.8 Å². The van der Waals surface area contributed by atoms with E-state index in [-0.39, 0.29) is 6.03 Å². The molecular weight excluding hydrogens is 332 g/mol. The lowest BCUT2D eigenvalue weighted by Crippen LogP contribution is -2.28. The van der Waals surface area contributed by atoms with Crippen LogP contribution in [0.3, 0.4) is 0 Å². The van der Waals surface area contributed by atoms with Gasteiger partial charge in [-0.15, -0.1) is 11.8 Å². The van der Waals surface area contributed by atoms with E-state index in [1.54, 1.807) is 7.11 Å². The van der Waals surface area contributed by atoms with Crippen molar-refractivity contribution >= 4 is 23.5 Å². The van der Waals surface area contributed by atoms with Gasteiger partial charge in [-0.2, -0.15) is 0 Å². The highest BCUT2D eigenvalue weighted by Crippen LogP contribution is 2.28. The first-order chi connectivity index (χ1) is 12.0. The number of rotatable bonds is 7. The van der Waals surface area contributed by atoms with Crippen molar-refractivity contribution in [1.82, 2.24) is 5.32 Å². The molecule has 0 bridgehead atoms. The highest BCUT2D eigenvalue weighted by molar-refractivity contribution is 7.99. The van der Waals surface area contributed by atoms with Crippen LogP contribution in [-0.2, 0) is 6.54 Å². The molecule has 0 aliphatic heterocycles. The van der Waals surface area contributed by atoms with Gasteiger partial charge in [0.1, 0.15) is 5.75 Å². The summed E-state index contributed by atoms with van der Waals surface area (Å²) < 4.78 is 5.13. The summed E-state index contributed by atoms with van der Waals surface area (Å²) in [5.74, 6) is 0.805. The summed E-state index contributed by atoms with van der Waals surface area (Å²) in [6.45, 7) is 6.89. The lowest BCUT2D eigenvalue weighted by Gasteiger charge is -2.13. The summed E-state index contributed by atoms with van der Waals surface area (Å²) in [6, 6.07) is 13.6. The molecule has 2 N–H and O–H groups in total. The Kier molecular flexibility index (Phi) is 7.19. The number of thioether (sulfide) groups is 1. The van der Waals surface area contributed by atoms with E-state index in [0.717, 1.165) is 29.0 Å². The minimum Gasteiger partial charge on any atom is -0.497 e. The van der Waals surface area contributed by atoms with Gasteiger partial charge in [0.2, 0.25) is 0 Å². The number of aryl methyl sites for hydroxylation is 1. The molecule has 2 amide bonds. The third kappa shape index (κ3) is 6.02. The molecular formula is C20H26N2O2S. The molecule has 0 aliphatic carbocycles. The van der Waals surface area contributed by atoms with Crippen molar-refractivity contribution in [2.45, 2.75) is 43.9 Å². The van der Waals surface area contributed by atoms with Crippen molar-refractivity contribution in [3.63, 3.8) is 0 Å². The van der Waals surface area contributed by atoms with Gasteiger partial charge < -0.3 is 15.4 Å². The highest BCUT2D eigenvalue weighted by Gasteiger charge is 2.07. The Hall–Kier alpha value is -2.14. The maximum atomic E-state index is 12.1. The topological polar surface area (TPSA) is 50.4 Å². The fourth-order valence-electron chi connectivity index (χ4n) is 2.26. The average molecular weight is 359 g/mol. The second kappa shape index (κ2) is 9.37. The number of carbonyl (C=O) groups excluding carboxylic acids is 1. The number of ether oxygens (including phenoxy) is 1. The number of amides is 2. The lowest BCUT2D eigenvalue weighted by atomic mass is 10.2. The third-order valence-electron chi connectivity index (χ3n) is 3.97. The predicted octanol–water partition coefficient (Wildman–Crippen LogP) is 5.22. The van der Waals surface area contributed by atoms with E-state index >= 15 is 0 Å². The summed E-state index contributed by atoms with van der Waals surface area (Å²) in [6.07, 6.45) is 1.14. The van der Waals surface area contributed by atoms with Gasteiger partial charge in [0.15, 0.2) is 0 Å². The second-order valence-corrected chi connectivity index (χ2v) is 7.48. The predicted molar refractivity (Wildman–Crippen MR) is 106 cm³/mol. The molecule has 0 aliphatic rings. The fraction of sp³-hybridized carbons (Fsp3) is 0.350. The van der Waals surface area contributed by atoms with Crippen molar-refractivity contribution in [2.75, 3.05) is 12.4 Å². The van der Waals surface area contributed by atoms with Crippen LogP contribution in [0.1, 0.15) is 31.4 Å². The van der Waals surface area contributed by atoms with Crippen LogP contribution in [0.15, 0.2) is 47.4 Å². The SMILES string of the molecule is CCC(C)Sc1ccc(NC(=O)NCc2ccc(OC)cc2)c(C)c1. The van der Waals surface area contributed by atoms with Crippen molar-refractivity contribution in [3.8, 4) is 5.75 Å². The number of anilines is 1. The van der Waals surface area contributed by atoms with E-state index in [2.05, 4.69) is 36.6 Å². The van der Waals surface area contributed by atoms with E-state index in [1.807, 2.05) is 49.0 Å². The minimum atomic E-state index is -0.207. The second-order valence-electron chi connectivity index (χ2n) is 5.97.